The molecule has 1 fully saturated rings. The van der Waals surface area contributed by atoms with E-state index in [2.05, 4.69) is 28.0 Å². The molecule has 3 nitrogen and oxygen atoms in total. The third-order valence-electron chi connectivity index (χ3n) is 6.30. The molecule has 1 heterocycles. The van der Waals surface area contributed by atoms with Crippen molar-refractivity contribution < 1.29 is 17.9 Å². The first-order chi connectivity index (χ1) is 14.9. The van der Waals surface area contributed by atoms with E-state index in [0.29, 0.717) is 5.69 Å². The number of piperazine rings is 1. The number of anilines is 1. The number of halogens is 3. The molecule has 166 valence electrons. The summed E-state index contributed by atoms with van der Waals surface area (Å²) in [6.07, 6.45) is 2.34. The van der Waals surface area contributed by atoms with Crippen LogP contribution >= 0.6 is 0 Å². The maximum atomic E-state index is 13.0. The molecule has 4 rings (SSSR count). The third kappa shape index (κ3) is 5.24. The van der Waals surface area contributed by atoms with E-state index in [-0.39, 0.29) is 0 Å². The fraction of sp³-hybridized carbons (Fsp3) is 0.440. The summed E-state index contributed by atoms with van der Waals surface area (Å²) >= 11 is 0. The zero-order chi connectivity index (χ0) is 21.8. The van der Waals surface area contributed by atoms with Crippen LogP contribution < -0.4 is 9.64 Å². The SMILES string of the molecule is COc1ccc2c(c1)C(CCCN1CCN(c3cccc(C(F)(F)F)c3)CC1)=CCC2. The molecule has 1 aliphatic heterocycles. The van der Waals surface area contributed by atoms with Gasteiger partial charge in [0.25, 0.3) is 0 Å². The lowest BCUT2D eigenvalue weighted by molar-refractivity contribution is -0.137. The van der Waals surface area contributed by atoms with Gasteiger partial charge in [0.2, 0.25) is 0 Å². The average molecular weight is 431 g/mol. The van der Waals surface area contributed by atoms with E-state index in [9.17, 15) is 13.2 Å². The average Bonchev–Trinajstić information content (AvgIpc) is 2.79. The van der Waals surface area contributed by atoms with Crippen molar-refractivity contribution in [2.45, 2.75) is 31.9 Å². The van der Waals surface area contributed by atoms with Crippen LogP contribution in [-0.4, -0.2) is 44.7 Å². The van der Waals surface area contributed by atoms with Crippen LogP contribution in [0.25, 0.3) is 5.57 Å². The van der Waals surface area contributed by atoms with Gasteiger partial charge in [-0.05, 0) is 79.3 Å². The molecule has 0 radical (unpaired) electrons. The monoisotopic (exact) mass is 430 g/mol. The van der Waals surface area contributed by atoms with Crippen LogP contribution in [0.1, 0.15) is 36.0 Å². The Hall–Kier alpha value is -2.47. The van der Waals surface area contributed by atoms with Gasteiger partial charge >= 0.3 is 6.18 Å². The van der Waals surface area contributed by atoms with Gasteiger partial charge in [0.15, 0.2) is 0 Å². The number of aryl methyl sites for hydroxylation is 1. The molecule has 2 aromatic rings. The zero-order valence-electron chi connectivity index (χ0n) is 17.9. The van der Waals surface area contributed by atoms with Gasteiger partial charge in [-0.2, -0.15) is 13.2 Å². The van der Waals surface area contributed by atoms with Gasteiger partial charge in [0, 0.05) is 31.9 Å². The molecular weight excluding hydrogens is 401 g/mol. The molecule has 0 N–H and O–H groups in total. The molecule has 2 aromatic carbocycles. The van der Waals surface area contributed by atoms with Gasteiger partial charge in [-0.3, -0.25) is 4.90 Å². The minimum Gasteiger partial charge on any atom is -0.497 e. The van der Waals surface area contributed by atoms with Crippen molar-refractivity contribution in [1.82, 2.24) is 4.90 Å². The van der Waals surface area contributed by atoms with Crippen molar-refractivity contribution >= 4 is 11.3 Å². The molecule has 31 heavy (non-hydrogen) atoms. The molecule has 1 aliphatic carbocycles. The van der Waals surface area contributed by atoms with E-state index >= 15 is 0 Å². The van der Waals surface area contributed by atoms with Gasteiger partial charge < -0.3 is 9.64 Å². The van der Waals surface area contributed by atoms with Crippen LogP contribution in [0, 0.1) is 0 Å². The maximum absolute atomic E-state index is 13.0. The lowest BCUT2D eigenvalue weighted by atomic mass is 9.88. The topological polar surface area (TPSA) is 15.7 Å². The summed E-state index contributed by atoms with van der Waals surface area (Å²) in [6, 6.07) is 12.0. The summed E-state index contributed by atoms with van der Waals surface area (Å²) in [6.45, 7) is 4.26. The summed E-state index contributed by atoms with van der Waals surface area (Å²) in [5, 5.41) is 0. The number of methoxy groups -OCH3 is 1. The number of alkyl halides is 3. The van der Waals surface area contributed by atoms with Crippen molar-refractivity contribution in [3.8, 4) is 5.75 Å². The predicted molar refractivity (Wildman–Crippen MR) is 119 cm³/mol. The van der Waals surface area contributed by atoms with E-state index in [1.165, 1.54) is 28.8 Å². The fourth-order valence-electron chi connectivity index (χ4n) is 4.55. The van der Waals surface area contributed by atoms with E-state index in [1.54, 1.807) is 13.2 Å². The standard InChI is InChI=1S/C25H29F3N2O/c1-31-23-11-10-20-6-2-5-19(24(20)18-23)7-4-12-29-13-15-30(16-14-29)22-9-3-8-21(17-22)25(26,27)28/h3,5,8-11,17-18H,2,4,6-7,12-16H2,1H3. The number of fused-ring (bicyclic) bond motifs is 1. The van der Waals surface area contributed by atoms with Gasteiger partial charge in [-0.25, -0.2) is 0 Å². The molecule has 0 atom stereocenters. The van der Waals surface area contributed by atoms with Gasteiger partial charge in [0.1, 0.15) is 5.75 Å². The highest BCUT2D eigenvalue weighted by atomic mass is 19.4. The molecule has 2 aliphatic rings. The van der Waals surface area contributed by atoms with Crippen LogP contribution in [0.4, 0.5) is 18.9 Å². The van der Waals surface area contributed by atoms with Crippen molar-refractivity contribution in [3.63, 3.8) is 0 Å². The Labute approximate surface area is 182 Å². The van der Waals surface area contributed by atoms with Gasteiger partial charge in [-0.1, -0.05) is 18.2 Å². The molecule has 0 bridgehead atoms. The molecule has 0 unspecified atom stereocenters. The van der Waals surface area contributed by atoms with Gasteiger partial charge in [-0.15, -0.1) is 0 Å². The highest BCUT2D eigenvalue weighted by molar-refractivity contribution is 5.71. The Morgan fingerprint density at radius 3 is 2.55 bits per heavy atom. The first-order valence-electron chi connectivity index (χ1n) is 10.9. The number of hydrogen-bond donors (Lipinski definition) is 0. The minimum atomic E-state index is -4.30. The number of benzene rings is 2. The smallest absolute Gasteiger partial charge is 0.416 e. The summed E-state index contributed by atoms with van der Waals surface area (Å²) in [5.74, 6) is 0.900. The van der Waals surface area contributed by atoms with Crippen LogP contribution in [0.3, 0.4) is 0 Å². The Balaban J connectivity index is 1.28. The van der Waals surface area contributed by atoms with Crippen LogP contribution in [-0.2, 0) is 12.6 Å². The van der Waals surface area contributed by atoms with Crippen LogP contribution in [0.15, 0.2) is 48.5 Å². The second kappa shape index (κ2) is 9.35. The van der Waals surface area contributed by atoms with E-state index in [0.717, 1.165) is 70.2 Å². The quantitative estimate of drug-likeness (QED) is 0.589. The molecular formula is C25H29F3N2O. The molecule has 0 spiro atoms. The fourth-order valence-corrected chi connectivity index (χ4v) is 4.55. The maximum Gasteiger partial charge on any atom is 0.416 e. The van der Waals surface area contributed by atoms with E-state index < -0.39 is 11.7 Å². The Kier molecular flexibility index (Phi) is 6.56. The Morgan fingerprint density at radius 1 is 1.00 bits per heavy atom. The number of hydrogen-bond acceptors (Lipinski definition) is 3. The van der Waals surface area contributed by atoms with Crippen molar-refractivity contribution in [2.75, 3.05) is 44.7 Å². The molecule has 0 saturated carbocycles. The lowest BCUT2D eigenvalue weighted by Crippen LogP contribution is -2.46. The normalized spacial score (nSPS) is 17.3. The Bertz CT molecular complexity index is 931. The highest BCUT2D eigenvalue weighted by Gasteiger charge is 2.31. The van der Waals surface area contributed by atoms with Crippen LogP contribution in [0.5, 0.6) is 5.75 Å². The molecule has 0 amide bonds. The van der Waals surface area contributed by atoms with E-state index in [1.807, 2.05) is 6.07 Å². The molecule has 0 aromatic heterocycles. The largest absolute Gasteiger partial charge is 0.497 e. The summed E-state index contributed by atoms with van der Waals surface area (Å²) < 4.78 is 44.4. The van der Waals surface area contributed by atoms with Crippen molar-refractivity contribution in [1.29, 1.82) is 0 Å². The molecule has 6 heteroatoms. The second-order valence-corrected chi connectivity index (χ2v) is 8.27. The van der Waals surface area contributed by atoms with Crippen molar-refractivity contribution in [2.24, 2.45) is 0 Å². The number of rotatable bonds is 6. The van der Waals surface area contributed by atoms with E-state index in [4.69, 9.17) is 4.74 Å². The van der Waals surface area contributed by atoms with Crippen molar-refractivity contribution in [3.05, 3.63) is 65.2 Å². The number of allylic oxidation sites excluding steroid dienone is 2. The highest BCUT2D eigenvalue weighted by Crippen LogP contribution is 2.33. The first-order valence-corrected chi connectivity index (χ1v) is 10.9. The summed E-state index contributed by atoms with van der Waals surface area (Å²) in [7, 11) is 1.70. The predicted octanol–water partition coefficient (Wildman–Crippen LogP) is 5.65. The summed E-state index contributed by atoms with van der Waals surface area (Å²) in [5.41, 5.74) is 4.20. The minimum absolute atomic E-state index is 0.579. The number of ether oxygens (including phenoxy) is 1. The molecule has 1 saturated heterocycles. The first kappa shape index (κ1) is 21.8. The zero-order valence-corrected chi connectivity index (χ0v) is 17.9. The third-order valence-corrected chi connectivity index (χ3v) is 6.30. The number of nitrogens with zero attached hydrogens (tertiary/aromatic N) is 2. The van der Waals surface area contributed by atoms with Gasteiger partial charge in [0.05, 0.1) is 12.7 Å². The Morgan fingerprint density at radius 2 is 1.81 bits per heavy atom. The summed E-state index contributed by atoms with van der Waals surface area (Å²) in [4.78, 5) is 4.47. The lowest BCUT2D eigenvalue weighted by Gasteiger charge is -2.36. The van der Waals surface area contributed by atoms with Crippen LogP contribution in [0.2, 0.25) is 0 Å². The second-order valence-electron chi connectivity index (χ2n) is 8.27.